The number of sulfonamides is 1. The second-order valence-electron chi connectivity index (χ2n) is 7.16. The number of benzene rings is 3. The predicted octanol–water partition coefficient (Wildman–Crippen LogP) is 3.69. The Bertz CT molecular complexity index is 1230. The van der Waals surface area contributed by atoms with E-state index in [9.17, 15) is 13.2 Å². The van der Waals surface area contributed by atoms with Crippen molar-refractivity contribution in [2.45, 2.75) is 11.8 Å². The van der Waals surface area contributed by atoms with Crippen molar-refractivity contribution in [2.75, 3.05) is 36.0 Å². The summed E-state index contributed by atoms with van der Waals surface area (Å²) in [7, 11) is -4.03. The van der Waals surface area contributed by atoms with Crippen LogP contribution in [0, 0.1) is 0 Å². The van der Waals surface area contributed by atoms with Crippen molar-refractivity contribution in [3.8, 4) is 17.2 Å². The lowest BCUT2D eigenvalue weighted by Gasteiger charge is -2.26. The second-order valence-corrected chi connectivity index (χ2v) is 9.02. The van der Waals surface area contributed by atoms with Crippen LogP contribution < -0.4 is 23.8 Å². The lowest BCUT2D eigenvalue weighted by atomic mass is 10.2. The van der Waals surface area contributed by atoms with Crippen molar-refractivity contribution in [1.82, 2.24) is 0 Å². The minimum atomic E-state index is -4.03. The van der Waals surface area contributed by atoms with Crippen LogP contribution in [-0.4, -0.2) is 40.7 Å². The lowest BCUT2D eigenvalue weighted by molar-refractivity contribution is -0.114. The molecule has 0 spiro atoms. The molecule has 1 heterocycles. The number of hydrogen-bond acceptors (Lipinski definition) is 6. The van der Waals surface area contributed by atoms with Gasteiger partial charge in [0.05, 0.1) is 17.2 Å². The molecule has 172 valence electrons. The summed E-state index contributed by atoms with van der Waals surface area (Å²) in [6.45, 7) is 2.70. The Morgan fingerprint density at radius 3 is 2.48 bits per heavy atom. The number of nitrogens with one attached hydrogen (secondary N) is 1. The monoisotopic (exact) mass is 468 g/mol. The third kappa shape index (κ3) is 5.20. The number of amides is 1. The number of nitrogens with zero attached hydrogens (tertiary/aromatic N) is 1. The van der Waals surface area contributed by atoms with Crippen LogP contribution in [0.5, 0.6) is 17.2 Å². The Morgan fingerprint density at radius 1 is 0.970 bits per heavy atom. The van der Waals surface area contributed by atoms with E-state index in [2.05, 4.69) is 5.32 Å². The van der Waals surface area contributed by atoms with Gasteiger partial charge in [0.15, 0.2) is 11.5 Å². The molecule has 0 saturated carbocycles. The highest BCUT2D eigenvalue weighted by atomic mass is 32.2. The molecule has 0 fully saturated rings. The Kier molecular flexibility index (Phi) is 6.69. The van der Waals surface area contributed by atoms with Gasteiger partial charge in [-0.05, 0) is 43.3 Å². The fourth-order valence-electron chi connectivity index (χ4n) is 3.38. The molecule has 8 nitrogen and oxygen atoms in total. The average Bonchev–Trinajstić information content (AvgIpc) is 2.83. The number of carbonyl (C=O) groups excluding carboxylic acids is 1. The zero-order valence-corrected chi connectivity index (χ0v) is 18.9. The van der Waals surface area contributed by atoms with E-state index in [4.69, 9.17) is 14.2 Å². The van der Waals surface area contributed by atoms with Gasteiger partial charge in [0.2, 0.25) is 5.91 Å². The zero-order valence-electron chi connectivity index (χ0n) is 18.1. The van der Waals surface area contributed by atoms with Crippen molar-refractivity contribution in [1.29, 1.82) is 0 Å². The minimum absolute atomic E-state index is 0.0750. The molecule has 0 atom stereocenters. The SMILES string of the molecule is CCOc1cccc(NC(=O)CN(c2ccc3c(c2)OCCO3)S(=O)(=O)c2ccccc2)c1. The van der Waals surface area contributed by atoms with Crippen molar-refractivity contribution >= 4 is 27.3 Å². The standard InChI is InChI=1S/C24H24N2O6S/c1-2-30-20-8-6-7-18(15-20)25-24(27)17-26(33(28,29)21-9-4-3-5-10-21)19-11-12-22-23(16-19)32-14-13-31-22/h3-12,15-16H,2,13-14,17H2,1H3,(H,25,27). The number of anilines is 2. The molecule has 3 aromatic carbocycles. The quantitative estimate of drug-likeness (QED) is 0.542. The van der Waals surface area contributed by atoms with Crippen LogP contribution in [0.3, 0.4) is 0 Å². The number of ether oxygens (including phenoxy) is 3. The molecule has 1 aliphatic heterocycles. The second kappa shape index (κ2) is 9.83. The molecule has 1 N–H and O–H groups in total. The van der Waals surface area contributed by atoms with Crippen LogP contribution >= 0.6 is 0 Å². The van der Waals surface area contributed by atoms with E-state index in [1.54, 1.807) is 60.7 Å². The van der Waals surface area contributed by atoms with Crippen LogP contribution in [0.25, 0.3) is 0 Å². The summed E-state index contributed by atoms with van der Waals surface area (Å²) in [5.41, 5.74) is 0.798. The Labute approximate surface area is 192 Å². The molecule has 0 aliphatic carbocycles. The maximum atomic E-state index is 13.5. The molecule has 4 rings (SSSR count). The summed E-state index contributed by atoms with van der Waals surface area (Å²) in [4.78, 5) is 13.0. The van der Waals surface area contributed by atoms with Crippen LogP contribution in [0.4, 0.5) is 11.4 Å². The highest BCUT2D eigenvalue weighted by Gasteiger charge is 2.28. The van der Waals surface area contributed by atoms with E-state index in [-0.39, 0.29) is 4.90 Å². The predicted molar refractivity (Wildman–Crippen MR) is 125 cm³/mol. The maximum absolute atomic E-state index is 13.5. The molecule has 1 aliphatic rings. The molecule has 3 aromatic rings. The maximum Gasteiger partial charge on any atom is 0.264 e. The summed E-state index contributed by atoms with van der Waals surface area (Å²) >= 11 is 0. The van der Waals surface area contributed by atoms with Crippen molar-refractivity contribution in [2.24, 2.45) is 0 Å². The van der Waals surface area contributed by atoms with Gasteiger partial charge in [-0.25, -0.2) is 8.42 Å². The first-order chi connectivity index (χ1) is 16.0. The van der Waals surface area contributed by atoms with Gasteiger partial charge in [-0.15, -0.1) is 0 Å². The number of carbonyl (C=O) groups is 1. The van der Waals surface area contributed by atoms with Crippen molar-refractivity contribution in [3.63, 3.8) is 0 Å². The van der Waals surface area contributed by atoms with E-state index >= 15 is 0 Å². The summed E-state index contributed by atoms with van der Waals surface area (Å²) in [6, 6.07) is 19.7. The van der Waals surface area contributed by atoms with E-state index < -0.39 is 22.5 Å². The molecule has 33 heavy (non-hydrogen) atoms. The van der Waals surface area contributed by atoms with Gasteiger partial charge in [0.1, 0.15) is 25.5 Å². The van der Waals surface area contributed by atoms with E-state index in [0.29, 0.717) is 48.4 Å². The van der Waals surface area contributed by atoms with E-state index in [0.717, 1.165) is 4.31 Å². The summed E-state index contributed by atoms with van der Waals surface area (Å²) in [5, 5.41) is 2.75. The first-order valence-electron chi connectivity index (χ1n) is 10.5. The van der Waals surface area contributed by atoms with Gasteiger partial charge in [-0.1, -0.05) is 24.3 Å². The van der Waals surface area contributed by atoms with Crippen LogP contribution in [0.1, 0.15) is 6.92 Å². The highest BCUT2D eigenvalue weighted by Crippen LogP contribution is 2.35. The van der Waals surface area contributed by atoms with E-state index in [1.807, 2.05) is 6.92 Å². The zero-order chi connectivity index (χ0) is 23.3. The van der Waals surface area contributed by atoms with Crippen LogP contribution in [-0.2, 0) is 14.8 Å². The Morgan fingerprint density at radius 2 is 1.73 bits per heavy atom. The van der Waals surface area contributed by atoms with Crippen LogP contribution in [0.15, 0.2) is 77.7 Å². The third-order valence-corrected chi connectivity index (χ3v) is 6.65. The van der Waals surface area contributed by atoms with Gasteiger partial charge in [-0.3, -0.25) is 9.10 Å². The smallest absolute Gasteiger partial charge is 0.264 e. The minimum Gasteiger partial charge on any atom is -0.494 e. The summed E-state index contributed by atoms with van der Waals surface area (Å²) in [6.07, 6.45) is 0. The Balaban J connectivity index is 1.64. The topological polar surface area (TPSA) is 94.2 Å². The van der Waals surface area contributed by atoms with Crippen molar-refractivity contribution in [3.05, 3.63) is 72.8 Å². The molecular formula is C24H24N2O6S. The highest BCUT2D eigenvalue weighted by molar-refractivity contribution is 7.92. The number of hydrogen-bond donors (Lipinski definition) is 1. The normalized spacial score (nSPS) is 12.6. The van der Waals surface area contributed by atoms with Gasteiger partial charge in [0.25, 0.3) is 10.0 Å². The average molecular weight is 469 g/mol. The molecule has 0 unspecified atom stereocenters. The fourth-order valence-corrected chi connectivity index (χ4v) is 4.82. The summed E-state index contributed by atoms with van der Waals surface area (Å²) < 4.78 is 44.6. The number of rotatable bonds is 8. The first kappa shape index (κ1) is 22.5. The van der Waals surface area contributed by atoms with Crippen molar-refractivity contribution < 1.29 is 27.4 Å². The largest absolute Gasteiger partial charge is 0.494 e. The molecule has 1 amide bonds. The van der Waals surface area contributed by atoms with Gasteiger partial charge in [-0.2, -0.15) is 0 Å². The molecule has 0 bridgehead atoms. The molecule has 0 saturated heterocycles. The molecule has 9 heteroatoms. The van der Waals surface area contributed by atoms with Gasteiger partial charge < -0.3 is 19.5 Å². The Hall–Kier alpha value is -3.72. The lowest BCUT2D eigenvalue weighted by Crippen LogP contribution is -2.38. The van der Waals surface area contributed by atoms with Crippen LogP contribution in [0.2, 0.25) is 0 Å². The molecule has 0 radical (unpaired) electrons. The third-order valence-electron chi connectivity index (χ3n) is 4.86. The number of fused-ring (bicyclic) bond motifs is 1. The summed E-state index contributed by atoms with van der Waals surface area (Å²) in [5.74, 6) is 1.06. The van der Waals surface area contributed by atoms with Gasteiger partial charge >= 0.3 is 0 Å². The van der Waals surface area contributed by atoms with E-state index in [1.165, 1.54) is 12.1 Å². The fraction of sp³-hybridized carbons (Fsp3) is 0.208. The first-order valence-corrected chi connectivity index (χ1v) is 11.9. The molecular weight excluding hydrogens is 444 g/mol. The van der Waals surface area contributed by atoms with Gasteiger partial charge in [0, 0.05) is 17.8 Å². The molecule has 0 aromatic heterocycles.